The Kier molecular flexibility index (Phi) is 12.7. The summed E-state index contributed by atoms with van der Waals surface area (Å²) in [6, 6.07) is 21.9. The molecule has 0 fully saturated rings. The number of aliphatic carboxylic acids is 1. The van der Waals surface area contributed by atoms with Crippen LogP contribution in [0.3, 0.4) is 0 Å². The molecule has 3 N–H and O–H groups in total. The highest BCUT2D eigenvalue weighted by Crippen LogP contribution is 2.39. The van der Waals surface area contributed by atoms with Crippen molar-refractivity contribution in [1.82, 2.24) is 19.9 Å². The second-order valence-electron chi connectivity index (χ2n) is 10.7. The van der Waals surface area contributed by atoms with Gasteiger partial charge in [0.15, 0.2) is 0 Å². The van der Waals surface area contributed by atoms with Crippen LogP contribution in [0.25, 0.3) is 44.7 Å². The smallest absolute Gasteiger partial charge is 0.490 e. The van der Waals surface area contributed by atoms with Crippen molar-refractivity contribution in [2.24, 2.45) is 0 Å². The molecule has 48 heavy (non-hydrogen) atoms. The number of halogens is 5. The predicted octanol–water partition coefficient (Wildman–Crippen LogP) is 9.44. The molecular weight excluding hydrogens is 666 g/mol. The summed E-state index contributed by atoms with van der Waals surface area (Å²) >= 11 is 13.2. The number of benzene rings is 3. The maximum atomic E-state index is 10.6. The lowest BCUT2D eigenvalue weighted by Gasteiger charge is -2.17. The number of methoxy groups -OCH3 is 1. The number of nitrogens with zero attached hydrogens (tertiary/aromatic N) is 3. The Labute approximate surface area is 286 Å². The van der Waals surface area contributed by atoms with Crippen molar-refractivity contribution in [2.45, 2.75) is 32.9 Å². The van der Waals surface area contributed by atoms with E-state index in [9.17, 15) is 13.2 Å². The lowest BCUT2D eigenvalue weighted by atomic mass is 10.0. The molecule has 2 heterocycles. The van der Waals surface area contributed by atoms with Crippen molar-refractivity contribution in [3.8, 4) is 39.7 Å². The third-order valence-corrected chi connectivity index (χ3v) is 8.25. The molecule has 0 saturated carbocycles. The molecule has 5 aromatic rings. The van der Waals surface area contributed by atoms with Gasteiger partial charge in [0.05, 0.1) is 34.1 Å². The number of aromatic amines is 1. The molecule has 0 unspecified atom stereocenters. The first-order valence-corrected chi connectivity index (χ1v) is 16.1. The summed E-state index contributed by atoms with van der Waals surface area (Å²) in [5.74, 6) is -0.490. The minimum Gasteiger partial charge on any atom is -0.497 e. The van der Waals surface area contributed by atoms with E-state index >= 15 is 0 Å². The quantitative estimate of drug-likeness (QED) is 0.111. The number of carboxylic acids is 1. The molecule has 0 aliphatic heterocycles. The number of imidazole rings is 1. The third kappa shape index (κ3) is 9.40. The van der Waals surface area contributed by atoms with Crippen molar-refractivity contribution in [2.75, 3.05) is 38.6 Å². The number of alkyl halides is 3. The van der Waals surface area contributed by atoms with E-state index in [0.717, 1.165) is 83.9 Å². The second kappa shape index (κ2) is 16.7. The van der Waals surface area contributed by atoms with Crippen LogP contribution in [0.1, 0.15) is 26.7 Å². The number of hydrogen-bond donors (Lipinski definition) is 3. The summed E-state index contributed by atoms with van der Waals surface area (Å²) in [5.41, 5.74) is 4.30. The van der Waals surface area contributed by atoms with Crippen molar-refractivity contribution in [3.63, 3.8) is 0 Å². The third-order valence-electron chi connectivity index (χ3n) is 7.62. The molecule has 0 amide bonds. The first-order chi connectivity index (χ1) is 22.9. The molecule has 13 heteroatoms. The fourth-order valence-electron chi connectivity index (χ4n) is 5.03. The van der Waals surface area contributed by atoms with E-state index in [-0.39, 0.29) is 0 Å². The van der Waals surface area contributed by atoms with Crippen LogP contribution in [0.4, 0.5) is 19.0 Å². The highest BCUT2D eigenvalue weighted by atomic mass is 35.5. The van der Waals surface area contributed by atoms with Crippen LogP contribution in [0, 0.1) is 0 Å². The fourth-order valence-corrected chi connectivity index (χ4v) is 5.61. The van der Waals surface area contributed by atoms with Gasteiger partial charge in [-0.15, -0.1) is 0 Å². The Balaban J connectivity index is 0.000000671. The van der Waals surface area contributed by atoms with Gasteiger partial charge in [0.25, 0.3) is 0 Å². The number of carboxylic acid groups (broad SMARTS) is 1. The van der Waals surface area contributed by atoms with Crippen LogP contribution in [0.2, 0.25) is 10.0 Å². The number of ether oxygens (including phenoxy) is 1. The molecule has 8 nitrogen and oxygen atoms in total. The monoisotopic (exact) mass is 701 g/mol. The number of nitrogens with one attached hydrogen (secondary N) is 2. The molecule has 0 bridgehead atoms. The van der Waals surface area contributed by atoms with Gasteiger partial charge in [0.1, 0.15) is 17.4 Å². The van der Waals surface area contributed by atoms with Crippen LogP contribution >= 0.6 is 23.2 Å². The van der Waals surface area contributed by atoms with Gasteiger partial charge in [-0.1, -0.05) is 61.3 Å². The van der Waals surface area contributed by atoms with Crippen LogP contribution in [-0.2, 0) is 4.79 Å². The Bertz CT molecular complexity index is 1820. The van der Waals surface area contributed by atoms with Gasteiger partial charge in [0.2, 0.25) is 0 Å². The summed E-state index contributed by atoms with van der Waals surface area (Å²) in [4.78, 5) is 24.5. The number of hydrogen-bond acceptors (Lipinski definition) is 6. The topological polar surface area (TPSA) is 103 Å². The number of fused-ring (bicyclic) bond motifs is 1. The van der Waals surface area contributed by atoms with Crippen molar-refractivity contribution < 1.29 is 27.8 Å². The van der Waals surface area contributed by atoms with Gasteiger partial charge in [0, 0.05) is 23.9 Å². The summed E-state index contributed by atoms with van der Waals surface area (Å²) in [6.07, 6.45) is -1.03. The molecule has 0 radical (unpaired) electrons. The number of H-pyrrole nitrogens is 1. The molecule has 0 aliphatic carbocycles. The Morgan fingerprint density at radius 2 is 1.62 bits per heavy atom. The van der Waals surface area contributed by atoms with Gasteiger partial charge in [-0.25, -0.2) is 14.8 Å². The van der Waals surface area contributed by atoms with Gasteiger partial charge >= 0.3 is 12.1 Å². The maximum Gasteiger partial charge on any atom is 0.490 e. The molecule has 0 spiro atoms. The van der Waals surface area contributed by atoms with E-state index in [1.165, 1.54) is 0 Å². The fraction of sp³-hybridized carbons (Fsp3) is 0.286. The molecule has 254 valence electrons. The summed E-state index contributed by atoms with van der Waals surface area (Å²) in [7, 11) is 1.68. The number of unbranched alkanes of at least 4 members (excludes halogenated alkanes) is 1. The number of anilines is 1. The number of rotatable bonds is 12. The average Bonchev–Trinajstić information content (AvgIpc) is 3.51. The first-order valence-electron chi connectivity index (χ1n) is 15.3. The average molecular weight is 703 g/mol. The molecule has 0 saturated heterocycles. The van der Waals surface area contributed by atoms with E-state index in [4.69, 9.17) is 42.8 Å². The minimum atomic E-state index is -5.08. The Morgan fingerprint density at radius 3 is 2.27 bits per heavy atom. The highest BCUT2D eigenvalue weighted by Gasteiger charge is 2.38. The van der Waals surface area contributed by atoms with Gasteiger partial charge in [-0.2, -0.15) is 13.2 Å². The number of carbonyl (C=O) groups is 1. The molecule has 0 atom stereocenters. The summed E-state index contributed by atoms with van der Waals surface area (Å²) in [5, 5.41) is 13.9. The molecule has 5 rings (SSSR count). The van der Waals surface area contributed by atoms with Crippen molar-refractivity contribution >= 4 is 45.8 Å². The zero-order valence-corrected chi connectivity index (χ0v) is 28.2. The standard InChI is InChI=1S/C33H35Cl2N5O.C2HF3O2/c1-4-40(5-2)18-7-6-16-36-29-21-25(15-17-37-29)32-31(38-33(39-32)30-27(34)9-8-10-28(30)35)24-12-11-23-20-26(41-3)14-13-22(23)19-24;3-2(4,5)1(6)7/h8-15,17,19-21H,4-7,16,18H2,1-3H3,(H,36,37)(H,38,39);(H,6,7). The van der Waals surface area contributed by atoms with Crippen molar-refractivity contribution in [1.29, 1.82) is 0 Å². The molecule has 2 aromatic heterocycles. The molecular formula is C35H36Cl2F3N5O3. The van der Waals surface area contributed by atoms with Crippen molar-refractivity contribution in [3.05, 3.63) is 83.0 Å². The molecule has 0 aliphatic rings. The molecule has 3 aromatic carbocycles. The van der Waals surface area contributed by atoms with E-state index in [2.05, 4.69) is 64.4 Å². The van der Waals surface area contributed by atoms with Gasteiger partial charge in [-0.05, 0) is 85.7 Å². The van der Waals surface area contributed by atoms with Crippen LogP contribution < -0.4 is 10.1 Å². The van der Waals surface area contributed by atoms with E-state index in [1.54, 1.807) is 7.11 Å². The lowest BCUT2D eigenvalue weighted by molar-refractivity contribution is -0.192. The SMILES string of the molecule is CCN(CC)CCCCNc1cc(-c2[nH]c(-c3c(Cl)cccc3Cl)nc2-c2ccc3cc(OC)ccc3c2)ccn1.O=C(O)C(F)(F)F. The van der Waals surface area contributed by atoms with Crippen LogP contribution in [0.5, 0.6) is 5.75 Å². The minimum absolute atomic E-state index is 0.539. The second-order valence-corrected chi connectivity index (χ2v) is 11.5. The Morgan fingerprint density at radius 1 is 0.958 bits per heavy atom. The van der Waals surface area contributed by atoms with Gasteiger partial charge < -0.3 is 25.0 Å². The normalized spacial score (nSPS) is 11.4. The highest BCUT2D eigenvalue weighted by molar-refractivity contribution is 6.39. The van der Waals surface area contributed by atoms with E-state index in [1.807, 2.05) is 42.6 Å². The zero-order chi connectivity index (χ0) is 34.8. The van der Waals surface area contributed by atoms with E-state index in [0.29, 0.717) is 21.4 Å². The maximum absolute atomic E-state index is 10.6. The van der Waals surface area contributed by atoms with Gasteiger partial charge in [-0.3, -0.25) is 0 Å². The first kappa shape index (κ1) is 36.5. The zero-order valence-electron chi connectivity index (χ0n) is 26.7. The van der Waals surface area contributed by atoms with Crippen LogP contribution in [0.15, 0.2) is 72.9 Å². The number of aromatic nitrogens is 3. The lowest BCUT2D eigenvalue weighted by Crippen LogP contribution is -2.24. The van der Waals surface area contributed by atoms with E-state index < -0.39 is 12.1 Å². The summed E-state index contributed by atoms with van der Waals surface area (Å²) < 4.78 is 37.1. The Hall–Kier alpha value is -4.32. The van der Waals surface area contributed by atoms with Crippen LogP contribution in [-0.4, -0.2) is 70.4 Å². The number of pyridine rings is 1. The predicted molar refractivity (Wildman–Crippen MR) is 186 cm³/mol. The summed E-state index contributed by atoms with van der Waals surface area (Å²) in [6.45, 7) is 8.58. The largest absolute Gasteiger partial charge is 0.497 e.